The van der Waals surface area contributed by atoms with Crippen LogP contribution < -0.4 is 10.6 Å². The molecule has 1 fully saturated rings. The summed E-state index contributed by atoms with van der Waals surface area (Å²) in [5.74, 6) is 0.721. The van der Waals surface area contributed by atoms with Gasteiger partial charge in [0.05, 0.1) is 11.6 Å². The summed E-state index contributed by atoms with van der Waals surface area (Å²) in [7, 11) is 0. The number of rotatable bonds is 3. The fourth-order valence-corrected chi connectivity index (χ4v) is 2.28. The summed E-state index contributed by atoms with van der Waals surface area (Å²) in [6.07, 6.45) is 2.58. The van der Waals surface area contributed by atoms with Gasteiger partial charge in [0, 0.05) is 12.2 Å². The molecule has 1 aliphatic heterocycles. The van der Waals surface area contributed by atoms with Gasteiger partial charge in [-0.3, -0.25) is 0 Å². The average Bonchev–Trinajstić information content (AvgIpc) is 2.38. The zero-order valence-electron chi connectivity index (χ0n) is 10.3. The van der Waals surface area contributed by atoms with Gasteiger partial charge in [-0.25, -0.2) is 0 Å². The van der Waals surface area contributed by atoms with Gasteiger partial charge in [-0.1, -0.05) is 0 Å². The molecule has 1 saturated heterocycles. The van der Waals surface area contributed by atoms with Crippen LogP contribution in [0.15, 0.2) is 18.2 Å². The Labute approximate surface area is 103 Å². The molecule has 0 radical (unpaired) electrons. The molecule has 2 N–H and O–H groups in total. The van der Waals surface area contributed by atoms with E-state index in [1.807, 2.05) is 25.1 Å². The van der Waals surface area contributed by atoms with Crippen molar-refractivity contribution in [1.82, 2.24) is 5.32 Å². The Morgan fingerprint density at radius 2 is 2.41 bits per heavy atom. The Bertz CT molecular complexity index is 414. The first-order valence-corrected chi connectivity index (χ1v) is 6.25. The molecule has 3 nitrogen and oxygen atoms in total. The number of nitrogens with zero attached hydrogens (tertiary/aromatic N) is 1. The summed E-state index contributed by atoms with van der Waals surface area (Å²) in [5.41, 5.74) is 3.02. The maximum atomic E-state index is 8.81. The van der Waals surface area contributed by atoms with E-state index in [0.29, 0.717) is 0 Å². The van der Waals surface area contributed by atoms with Crippen LogP contribution in [-0.4, -0.2) is 19.6 Å². The molecule has 1 aromatic rings. The van der Waals surface area contributed by atoms with Crippen molar-refractivity contribution < 1.29 is 0 Å². The van der Waals surface area contributed by atoms with Crippen LogP contribution in [0.25, 0.3) is 0 Å². The number of aryl methyl sites for hydroxylation is 1. The lowest BCUT2D eigenvalue weighted by molar-refractivity contribution is 0.393. The Morgan fingerprint density at radius 1 is 1.53 bits per heavy atom. The molecule has 2 rings (SSSR count). The largest absolute Gasteiger partial charge is 0.385 e. The number of benzene rings is 1. The highest BCUT2D eigenvalue weighted by atomic mass is 14.9. The lowest BCUT2D eigenvalue weighted by Gasteiger charge is -2.23. The smallest absolute Gasteiger partial charge is 0.0991 e. The van der Waals surface area contributed by atoms with Crippen LogP contribution in [0.3, 0.4) is 0 Å². The molecule has 1 aliphatic rings. The molecule has 1 unspecified atom stereocenters. The summed E-state index contributed by atoms with van der Waals surface area (Å²) in [5, 5.41) is 15.7. The number of nitriles is 1. The van der Waals surface area contributed by atoms with E-state index < -0.39 is 0 Å². The molecular formula is C14H19N3. The van der Waals surface area contributed by atoms with E-state index in [4.69, 9.17) is 5.26 Å². The van der Waals surface area contributed by atoms with Crippen molar-refractivity contribution in [2.75, 3.05) is 25.0 Å². The van der Waals surface area contributed by atoms with E-state index in [-0.39, 0.29) is 0 Å². The summed E-state index contributed by atoms with van der Waals surface area (Å²) in [6, 6.07) is 7.97. The molecule has 0 bridgehead atoms. The van der Waals surface area contributed by atoms with Crippen molar-refractivity contribution >= 4 is 5.69 Å². The molecule has 0 aliphatic carbocycles. The van der Waals surface area contributed by atoms with Crippen molar-refractivity contribution in [3.05, 3.63) is 29.3 Å². The van der Waals surface area contributed by atoms with Crippen LogP contribution in [0.1, 0.15) is 24.0 Å². The number of anilines is 1. The lowest BCUT2D eigenvalue weighted by Crippen LogP contribution is -2.33. The quantitative estimate of drug-likeness (QED) is 0.836. The van der Waals surface area contributed by atoms with E-state index in [1.165, 1.54) is 12.8 Å². The summed E-state index contributed by atoms with van der Waals surface area (Å²) >= 11 is 0. The Morgan fingerprint density at radius 3 is 3.06 bits per heavy atom. The molecule has 0 saturated carbocycles. The number of piperidine rings is 1. The molecule has 0 aromatic heterocycles. The zero-order valence-corrected chi connectivity index (χ0v) is 10.3. The van der Waals surface area contributed by atoms with Gasteiger partial charge in [-0.15, -0.1) is 0 Å². The normalized spacial score (nSPS) is 19.6. The molecule has 1 heterocycles. The van der Waals surface area contributed by atoms with Crippen molar-refractivity contribution in [2.45, 2.75) is 19.8 Å². The highest BCUT2D eigenvalue weighted by Gasteiger charge is 2.12. The molecule has 90 valence electrons. The first kappa shape index (κ1) is 11.9. The van der Waals surface area contributed by atoms with Crippen LogP contribution >= 0.6 is 0 Å². The van der Waals surface area contributed by atoms with E-state index >= 15 is 0 Å². The van der Waals surface area contributed by atoms with Gasteiger partial charge in [0.1, 0.15) is 0 Å². The van der Waals surface area contributed by atoms with Crippen LogP contribution in [0.2, 0.25) is 0 Å². The van der Waals surface area contributed by atoms with Gasteiger partial charge in [0.25, 0.3) is 0 Å². The molecule has 0 amide bonds. The molecule has 0 spiro atoms. The van der Waals surface area contributed by atoms with E-state index in [1.54, 1.807) is 0 Å². The van der Waals surface area contributed by atoms with E-state index in [0.717, 1.165) is 42.4 Å². The van der Waals surface area contributed by atoms with Crippen LogP contribution in [0.4, 0.5) is 5.69 Å². The Hall–Kier alpha value is -1.53. The van der Waals surface area contributed by atoms with Gasteiger partial charge in [-0.2, -0.15) is 5.26 Å². The van der Waals surface area contributed by atoms with Gasteiger partial charge in [0.2, 0.25) is 0 Å². The third-order valence-corrected chi connectivity index (χ3v) is 3.34. The SMILES string of the molecule is Cc1cc(C#N)ccc1NCC1CCCNC1. The molecular weight excluding hydrogens is 210 g/mol. The maximum Gasteiger partial charge on any atom is 0.0991 e. The second-order valence-electron chi connectivity index (χ2n) is 4.73. The number of nitrogens with one attached hydrogen (secondary N) is 2. The van der Waals surface area contributed by atoms with Gasteiger partial charge in [0.15, 0.2) is 0 Å². The minimum atomic E-state index is 0.721. The topological polar surface area (TPSA) is 47.9 Å². The second kappa shape index (κ2) is 5.70. The predicted octanol–water partition coefficient (Wildman–Crippen LogP) is 2.28. The first-order valence-electron chi connectivity index (χ1n) is 6.25. The second-order valence-corrected chi connectivity index (χ2v) is 4.73. The van der Waals surface area contributed by atoms with Crippen molar-refractivity contribution in [3.8, 4) is 6.07 Å². The number of hydrogen-bond acceptors (Lipinski definition) is 3. The predicted molar refractivity (Wildman–Crippen MR) is 70.0 cm³/mol. The zero-order chi connectivity index (χ0) is 12.1. The van der Waals surface area contributed by atoms with Crippen LogP contribution in [-0.2, 0) is 0 Å². The van der Waals surface area contributed by atoms with Crippen LogP contribution in [0.5, 0.6) is 0 Å². The summed E-state index contributed by atoms with van der Waals surface area (Å²) in [6.45, 7) is 5.33. The van der Waals surface area contributed by atoms with E-state index in [9.17, 15) is 0 Å². The van der Waals surface area contributed by atoms with Gasteiger partial charge < -0.3 is 10.6 Å². The molecule has 1 atom stereocenters. The van der Waals surface area contributed by atoms with Crippen LogP contribution in [0, 0.1) is 24.2 Å². The minimum Gasteiger partial charge on any atom is -0.385 e. The van der Waals surface area contributed by atoms with E-state index in [2.05, 4.69) is 16.7 Å². The fourth-order valence-electron chi connectivity index (χ4n) is 2.28. The molecule has 17 heavy (non-hydrogen) atoms. The third-order valence-electron chi connectivity index (χ3n) is 3.34. The van der Waals surface area contributed by atoms with Crippen molar-refractivity contribution in [1.29, 1.82) is 5.26 Å². The van der Waals surface area contributed by atoms with Gasteiger partial charge in [-0.05, 0) is 62.5 Å². The Balaban J connectivity index is 1.92. The van der Waals surface area contributed by atoms with Gasteiger partial charge >= 0.3 is 0 Å². The monoisotopic (exact) mass is 229 g/mol. The highest BCUT2D eigenvalue weighted by Crippen LogP contribution is 2.18. The van der Waals surface area contributed by atoms with Crippen molar-refractivity contribution in [2.24, 2.45) is 5.92 Å². The molecule has 1 aromatic carbocycles. The summed E-state index contributed by atoms with van der Waals surface area (Å²) in [4.78, 5) is 0. The fraction of sp³-hybridized carbons (Fsp3) is 0.500. The average molecular weight is 229 g/mol. The highest BCUT2D eigenvalue weighted by molar-refractivity contribution is 5.54. The summed E-state index contributed by atoms with van der Waals surface area (Å²) < 4.78 is 0. The molecule has 3 heteroatoms. The first-order chi connectivity index (χ1) is 8.29. The lowest BCUT2D eigenvalue weighted by atomic mass is 9.99. The third kappa shape index (κ3) is 3.21. The number of hydrogen-bond donors (Lipinski definition) is 2. The maximum absolute atomic E-state index is 8.81. The van der Waals surface area contributed by atoms with Crippen molar-refractivity contribution in [3.63, 3.8) is 0 Å². The minimum absolute atomic E-state index is 0.721. The standard InChI is InChI=1S/C14H19N3/c1-11-7-12(8-15)4-5-14(11)17-10-13-3-2-6-16-9-13/h4-5,7,13,16-17H,2-3,6,9-10H2,1H3. The Kier molecular flexibility index (Phi) is 4.00.